The second kappa shape index (κ2) is 10.7. The first-order valence-electron chi connectivity index (χ1n) is 12.2. The Hall–Kier alpha value is -5.89. The van der Waals surface area contributed by atoms with Gasteiger partial charge in [-0.05, 0) is 48.0 Å². The topological polar surface area (TPSA) is 161 Å². The van der Waals surface area contributed by atoms with Gasteiger partial charge in [0.05, 0.1) is 48.5 Å². The van der Waals surface area contributed by atoms with Crippen LogP contribution in [-0.4, -0.2) is 38.0 Å². The van der Waals surface area contributed by atoms with Crippen molar-refractivity contribution in [1.29, 1.82) is 5.26 Å². The molecule has 3 aromatic rings. The molecule has 0 radical (unpaired) electrons. The average molecular weight is 551 g/mol. The number of anilines is 1. The lowest BCUT2D eigenvalue weighted by Gasteiger charge is -2.35. The monoisotopic (exact) mass is 550 g/mol. The van der Waals surface area contributed by atoms with Gasteiger partial charge < -0.3 is 19.9 Å². The van der Waals surface area contributed by atoms with Crippen LogP contribution in [0.15, 0.2) is 95.5 Å². The molecule has 2 aliphatic heterocycles. The minimum absolute atomic E-state index is 0.0375. The predicted octanol–water partition coefficient (Wildman–Crippen LogP) is 3.26. The van der Waals surface area contributed by atoms with Crippen LogP contribution >= 0.6 is 0 Å². The van der Waals surface area contributed by atoms with E-state index in [1.807, 2.05) is 0 Å². The molecule has 2 heterocycles. The molecule has 11 heteroatoms. The zero-order chi connectivity index (χ0) is 29.3. The van der Waals surface area contributed by atoms with Gasteiger partial charge in [0.25, 0.3) is 11.8 Å². The van der Waals surface area contributed by atoms with Gasteiger partial charge in [-0.15, -0.1) is 0 Å². The summed E-state index contributed by atoms with van der Waals surface area (Å²) >= 11 is 0. The summed E-state index contributed by atoms with van der Waals surface area (Å²) in [6.45, 7) is 0. The summed E-state index contributed by atoms with van der Waals surface area (Å²) in [5.74, 6) is -3.05. The smallest absolute Gasteiger partial charge is 0.355 e. The van der Waals surface area contributed by atoms with Gasteiger partial charge in [0.15, 0.2) is 0 Å². The van der Waals surface area contributed by atoms with Crippen LogP contribution < -0.4 is 20.7 Å². The highest BCUT2D eigenvalue weighted by Gasteiger charge is 2.43. The number of amides is 2. The molecule has 0 bridgehead atoms. The second-order valence-electron chi connectivity index (χ2n) is 8.92. The highest BCUT2D eigenvalue weighted by Crippen LogP contribution is 2.43. The van der Waals surface area contributed by atoms with E-state index in [1.54, 1.807) is 60.7 Å². The Morgan fingerprint density at radius 2 is 1.51 bits per heavy atom. The number of methoxy groups -OCH3 is 2. The summed E-state index contributed by atoms with van der Waals surface area (Å²) in [4.78, 5) is 51.4. The molecule has 0 saturated heterocycles. The maximum atomic E-state index is 13.2. The first-order chi connectivity index (χ1) is 19.8. The summed E-state index contributed by atoms with van der Waals surface area (Å²) in [6.07, 6.45) is 0. The molecular weight excluding hydrogens is 528 g/mol. The quantitative estimate of drug-likeness (QED) is 0.344. The Morgan fingerprint density at radius 1 is 0.878 bits per heavy atom. The van der Waals surface area contributed by atoms with E-state index in [0.717, 1.165) is 0 Å². The van der Waals surface area contributed by atoms with E-state index >= 15 is 0 Å². The van der Waals surface area contributed by atoms with Crippen molar-refractivity contribution in [2.45, 2.75) is 5.92 Å². The standard InChI is InChI=1S/C30H22N4O7/c1-39-29(37)24-23(16-6-4-3-5-7-16)22(15-31)26(32)34(25(24)30(38)40-2)17-8-10-18(11-9-17)41-19-12-13-20-21(14-19)28(36)33-27(20)35/h3-14,23H,32H2,1-2H3,(H,33,35,36). The molecule has 1 unspecified atom stereocenters. The molecule has 3 N–H and O–H groups in total. The highest BCUT2D eigenvalue weighted by molar-refractivity contribution is 6.21. The Kier molecular flexibility index (Phi) is 6.97. The number of carbonyl (C=O) groups excluding carboxylic acids is 4. The second-order valence-corrected chi connectivity index (χ2v) is 8.92. The molecule has 11 nitrogen and oxygen atoms in total. The van der Waals surface area contributed by atoms with Crippen molar-refractivity contribution in [3.05, 3.63) is 112 Å². The number of nitrogens with one attached hydrogen (secondary N) is 1. The van der Waals surface area contributed by atoms with Crippen LogP contribution in [0.4, 0.5) is 5.69 Å². The SMILES string of the molecule is COC(=O)C1=C(C(=O)OC)N(c2ccc(Oc3ccc4c(c3)C(=O)NC4=O)cc2)C(N)=C(C#N)C1c1ccccc1. The number of carbonyl (C=O) groups is 4. The molecule has 0 aliphatic carbocycles. The van der Waals surface area contributed by atoms with E-state index < -0.39 is 29.7 Å². The number of nitrogens with zero attached hydrogens (tertiary/aromatic N) is 2. The first-order valence-corrected chi connectivity index (χ1v) is 12.2. The van der Waals surface area contributed by atoms with Crippen molar-refractivity contribution >= 4 is 29.4 Å². The number of hydrogen-bond donors (Lipinski definition) is 2. The fraction of sp³-hybridized carbons (Fsp3) is 0.100. The fourth-order valence-electron chi connectivity index (χ4n) is 4.79. The van der Waals surface area contributed by atoms with Crippen molar-refractivity contribution in [2.75, 3.05) is 19.1 Å². The number of rotatable bonds is 6. The maximum absolute atomic E-state index is 13.2. The van der Waals surface area contributed by atoms with Crippen LogP contribution in [-0.2, 0) is 19.1 Å². The van der Waals surface area contributed by atoms with Crippen molar-refractivity contribution < 1.29 is 33.4 Å². The first kappa shape index (κ1) is 26.7. The molecule has 204 valence electrons. The van der Waals surface area contributed by atoms with Crippen LogP contribution in [0.5, 0.6) is 11.5 Å². The van der Waals surface area contributed by atoms with Gasteiger partial charge in [-0.2, -0.15) is 5.26 Å². The number of esters is 2. The van der Waals surface area contributed by atoms with Crippen LogP contribution in [0.3, 0.4) is 0 Å². The summed E-state index contributed by atoms with van der Waals surface area (Å²) in [7, 11) is 2.34. The normalized spacial score (nSPS) is 16.1. The fourth-order valence-corrected chi connectivity index (χ4v) is 4.79. The van der Waals surface area contributed by atoms with Crippen molar-refractivity contribution in [1.82, 2.24) is 5.32 Å². The zero-order valence-corrected chi connectivity index (χ0v) is 21.8. The highest BCUT2D eigenvalue weighted by atomic mass is 16.5. The lowest BCUT2D eigenvalue weighted by atomic mass is 9.81. The summed E-state index contributed by atoms with van der Waals surface area (Å²) in [5.41, 5.74) is 7.59. The summed E-state index contributed by atoms with van der Waals surface area (Å²) in [5, 5.41) is 12.4. The van der Waals surface area contributed by atoms with Crippen molar-refractivity contribution in [2.24, 2.45) is 5.73 Å². The number of allylic oxidation sites excluding steroid dienone is 1. The Morgan fingerprint density at radius 3 is 2.15 bits per heavy atom. The third-order valence-corrected chi connectivity index (χ3v) is 6.65. The van der Waals surface area contributed by atoms with Gasteiger partial charge in [-0.25, -0.2) is 9.59 Å². The summed E-state index contributed by atoms with van der Waals surface area (Å²) in [6, 6.07) is 21.6. The minimum Gasteiger partial charge on any atom is -0.466 e. The third-order valence-electron chi connectivity index (χ3n) is 6.65. The predicted molar refractivity (Wildman–Crippen MR) is 144 cm³/mol. The Balaban J connectivity index is 1.58. The largest absolute Gasteiger partial charge is 0.466 e. The van der Waals surface area contributed by atoms with E-state index in [9.17, 15) is 24.4 Å². The molecule has 0 spiro atoms. The Bertz CT molecular complexity index is 1700. The zero-order valence-electron chi connectivity index (χ0n) is 21.8. The van der Waals surface area contributed by atoms with E-state index in [0.29, 0.717) is 22.7 Å². The molecule has 1 atom stereocenters. The van der Waals surface area contributed by atoms with Crippen LogP contribution in [0.25, 0.3) is 0 Å². The molecule has 41 heavy (non-hydrogen) atoms. The third kappa shape index (κ3) is 4.63. The van der Waals surface area contributed by atoms with Crippen molar-refractivity contribution in [3.63, 3.8) is 0 Å². The number of nitrogens with two attached hydrogens (primary N) is 1. The average Bonchev–Trinajstić information content (AvgIpc) is 3.28. The van der Waals surface area contributed by atoms with Gasteiger partial charge in [-0.1, -0.05) is 30.3 Å². The van der Waals surface area contributed by atoms with E-state index in [1.165, 1.54) is 31.3 Å². The van der Waals surface area contributed by atoms with Gasteiger partial charge in [0.1, 0.15) is 23.0 Å². The molecule has 0 fully saturated rings. The number of ether oxygens (including phenoxy) is 3. The van der Waals surface area contributed by atoms with Gasteiger partial charge >= 0.3 is 11.9 Å². The molecule has 0 aromatic heterocycles. The lowest BCUT2D eigenvalue weighted by Crippen LogP contribution is -2.40. The van der Waals surface area contributed by atoms with E-state index in [4.69, 9.17) is 19.9 Å². The van der Waals surface area contributed by atoms with Gasteiger partial charge in [0.2, 0.25) is 0 Å². The number of nitriles is 1. The molecule has 5 rings (SSSR count). The molecule has 2 amide bonds. The molecular formula is C30H22N4O7. The van der Waals surface area contributed by atoms with Crippen LogP contribution in [0.2, 0.25) is 0 Å². The summed E-state index contributed by atoms with van der Waals surface area (Å²) < 4.78 is 15.9. The lowest BCUT2D eigenvalue weighted by molar-refractivity contribution is -0.139. The van der Waals surface area contributed by atoms with Gasteiger partial charge in [0, 0.05) is 5.69 Å². The Labute approximate surface area is 234 Å². The van der Waals surface area contributed by atoms with E-state index in [2.05, 4.69) is 11.4 Å². The molecule has 3 aromatic carbocycles. The van der Waals surface area contributed by atoms with Crippen LogP contribution in [0, 0.1) is 11.3 Å². The number of fused-ring (bicyclic) bond motifs is 1. The molecule has 2 aliphatic rings. The van der Waals surface area contributed by atoms with Crippen LogP contribution in [0.1, 0.15) is 32.2 Å². The number of benzene rings is 3. The number of hydrogen-bond acceptors (Lipinski definition) is 10. The molecule has 0 saturated carbocycles. The van der Waals surface area contributed by atoms with E-state index in [-0.39, 0.29) is 33.8 Å². The number of imide groups is 1. The maximum Gasteiger partial charge on any atom is 0.355 e. The van der Waals surface area contributed by atoms with Crippen molar-refractivity contribution in [3.8, 4) is 17.6 Å². The minimum atomic E-state index is -0.981. The van der Waals surface area contributed by atoms with Gasteiger partial charge in [-0.3, -0.25) is 19.8 Å².